The largest absolute Gasteiger partial charge is 0.298 e. The fourth-order valence-corrected chi connectivity index (χ4v) is 4.17. The van der Waals surface area contributed by atoms with E-state index in [1.54, 1.807) is 0 Å². The van der Waals surface area contributed by atoms with Crippen molar-refractivity contribution in [2.24, 2.45) is 5.92 Å². The number of nitrogens with zero attached hydrogens (tertiary/aromatic N) is 2. The van der Waals surface area contributed by atoms with Crippen molar-refractivity contribution in [2.45, 2.75) is 13.3 Å². The van der Waals surface area contributed by atoms with Crippen molar-refractivity contribution in [3.8, 4) is 0 Å². The van der Waals surface area contributed by atoms with Crippen LogP contribution in [0.3, 0.4) is 0 Å². The highest BCUT2D eigenvalue weighted by molar-refractivity contribution is 6.14. The normalized spacial score (nSPS) is 15.6. The zero-order valence-corrected chi connectivity index (χ0v) is 17.3. The van der Waals surface area contributed by atoms with E-state index >= 15 is 0 Å². The summed E-state index contributed by atoms with van der Waals surface area (Å²) < 4.78 is 0. The predicted octanol–water partition coefficient (Wildman–Crippen LogP) is 5.85. The van der Waals surface area contributed by atoms with Crippen LogP contribution in [-0.2, 0) is 11.2 Å². The standard InChI is InChI=1S/C28H22N2O/c1-19-8-7-13-27(30-19)25-18-21(28(31)16-20-9-3-2-4-10-20)17-24(25)22-14-15-29-26-12-6-5-11-23(22)26/h2-15,17-18,21H,16H2,1H3. The summed E-state index contributed by atoms with van der Waals surface area (Å²) in [5.41, 5.74) is 6.95. The molecule has 0 fully saturated rings. The molecule has 0 radical (unpaired) electrons. The number of Topliss-reactive ketones (excluding diaryl/α,β-unsaturated/α-hetero) is 1. The molecule has 3 heteroatoms. The van der Waals surface area contributed by atoms with Gasteiger partial charge in [0.1, 0.15) is 5.78 Å². The van der Waals surface area contributed by atoms with Gasteiger partial charge in [-0.3, -0.25) is 14.8 Å². The summed E-state index contributed by atoms with van der Waals surface area (Å²) in [6.07, 6.45) is 6.40. The minimum Gasteiger partial charge on any atom is -0.298 e. The minimum absolute atomic E-state index is 0.185. The Hall–Kier alpha value is -3.85. The number of benzene rings is 2. The molecule has 1 atom stereocenters. The Balaban J connectivity index is 1.60. The van der Waals surface area contributed by atoms with Crippen LogP contribution in [0.4, 0.5) is 0 Å². The van der Waals surface area contributed by atoms with Crippen LogP contribution in [-0.4, -0.2) is 15.8 Å². The summed E-state index contributed by atoms with van der Waals surface area (Å²) in [6, 6.07) is 26.1. The Morgan fingerprint density at radius 3 is 2.45 bits per heavy atom. The van der Waals surface area contributed by atoms with Gasteiger partial charge in [-0.15, -0.1) is 0 Å². The van der Waals surface area contributed by atoms with E-state index in [2.05, 4.69) is 23.2 Å². The van der Waals surface area contributed by atoms with E-state index < -0.39 is 0 Å². The van der Waals surface area contributed by atoms with E-state index in [-0.39, 0.29) is 11.7 Å². The number of pyridine rings is 2. The number of carbonyl (C=O) groups excluding carboxylic acids is 1. The maximum absolute atomic E-state index is 13.2. The molecule has 0 bridgehead atoms. The Labute approximate surface area is 181 Å². The van der Waals surface area contributed by atoms with E-state index in [9.17, 15) is 4.79 Å². The van der Waals surface area contributed by atoms with Crippen molar-refractivity contribution in [2.75, 3.05) is 0 Å². The van der Waals surface area contributed by atoms with E-state index in [0.717, 1.165) is 44.6 Å². The maximum atomic E-state index is 13.2. The maximum Gasteiger partial charge on any atom is 0.147 e. The lowest BCUT2D eigenvalue weighted by molar-refractivity contribution is -0.119. The summed E-state index contributed by atoms with van der Waals surface area (Å²) in [7, 11) is 0. The summed E-state index contributed by atoms with van der Waals surface area (Å²) in [5, 5.41) is 1.07. The summed E-state index contributed by atoms with van der Waals surface area (Å²) in [4.78, 5) is 22.4. The Kier molecular flexibility index (Phi) is 5.01. The second-order valence-electron chi connectivity index (χ2n) is 7.86. The molecule has 2 aromatic heterocycles. The molecule has 1 unspecified atom stereocenters. The number of para-hydroxylation sites is 1. The van der Waals surface area contributed by atoms with E-state index in [1.165, 1.54) is 0 Å². The zero-order chi connectivity index (χ0) is 21.2. The van der Waals surface area contributed by atoms with Crippen molar-refractivity contribution < 1.29 is 4.79 Å². The van der Waals surface area contributed by atoms with Crippen molar-refractivity contribution in [3.05, 3.63) is 120 Å². The molecule has 0 amide bonds. The zero-order valence-electron chi connectivity index (χ0n) is 17.3. The quantitative estimate of drug-likeness (QED) is 0.421. The van der Waals surface area contributed by atoms with Gasteiger partial charge in [-0.25, -0.2) is 0 Å². The van der Waals surface area contributed by atoms with Gasteiger partial charge in [-0.1, -0.05) is 66.7 Å². The van der Waals surface area contributed by atoms with Gasteiger partial charge in [-0.05, 0) is 47.9 Å². The lowest BCUT2D eigenvalue weighted by Gasteiger charge is -2.12. The van der Waals surface area contributed by atoms with Crippen LogP contribution in [0.5, 0.6) is 0 Å². The molecule has 31 heavy (non-hydrogen) atoms. The molecule has 1 aliphatic carbocycles. The molecule has 2 aromatic carbocycles. The summed E-state index contributed by atoms with van der Waals surface area (Å²) >= 11 is 0. The molecule has 0 saturated heterocycles. The average Bonchev–Trinajstić information content (AvgIpc) is 3.25. The van der Waals surface area contributed by atoms with Crippen LogP contribution in [0.2, 0.25) is 0 Å². The molecule has 0 saturated carbocycles. The number of aromatic nitrogens is 2. The molecule has 2 heterocycles. The molecule has 150 valence electrons. The molecule has 1 aliphatic rings. The third-order valence-corrected chi connectivity index (χ3v) is 5.68. The van der Waals surface area contributed by atoms with Crippen molar-refractivity contribution >= 4 is 27.8 Å². The molecule has 3 nitrogen and oxygen atoms in total. The number of carbonyl (C=O) groups is 1. The molecular weight excluding hydrogens is 380 g/mol. The topological polar surface area (TPSA) is 42.9 Å². The minimum atomic E-state index is -0.278. The van der Waals surface area contributed by atoms with Crippen LogP contribution in [0.1, 0.15) is 22.5 Å². The van der Waals surface area contributed by atoms with Crippen LogP contribution < -0.4 is 0 Å². The average molecular weight is 402 g/mol. The lowest BCUT2D eigenvalue weighted by Crippen LogP contribution is -2.11. The van der Waals surface area contributed by atoms with Crippen molar-refractivity contribution in [3.63, 3.8) is 0 Å². The molecule has 0 N–H and O–H groups in total. The predicted molar refractivity (Wildman–Crippen MR) is 125 cm³/mol. The third-order valence-electron chi connectivity index (χ3n) is 5.68. The number of fused-ring (bicyclic) bond motifs is 1. The first-order valence-corrected chi connectivity index (χ1v) is 10.5. The van der Waals surface area contributed by atoms with Crippen LogP contribution >= 0.6 is 0 Å². The highest BCUT2D eigenvalue weighted by Gasteiger charge is 2.26. The molecule has 0 spiro atoms. The van der Waals surface area contributed by atoms with Crippen LogP contribution in [0.25, 0.3) is 22.0 Å². The number of hydrogen-bond acceptors (Lipinski definition) is 3. The van der Waals surface area contributed by atoms with Crippen molar-refractivity contribution in [1.29, 1.82) is 0 Å². The lowest BCUT2D eigenvalue weighted by atomic mass is 9.95. The van der Waals surface area contributed by atoms with Gasteiger partial charge in [0.25, 0.3) is 0 Å². The number of rotatable bonds is 5. The van der Waals surface area contributed by atoms with Gasteiger partial charge in [-0.2, -0.15) is 0 Å². The second-order valence-corrected chi connectivity index (χ2v) is 7.86. The fraction of sp³-hybridized carbons (Fsp3) is 0.107. The van der Waals surface area contributed by atoms with Gasteiger partial charge in [0.2, 0.25) is 0 Å². The first-order valence-electron chi connectivity index (χ1n) is 10.5. The number of ketones is 1. The Morgan fingerprint density at radius 1 is 0.839 bits per heavy atom. The summed E-state index contributed by atoms with van der Waals surface area (Å²) in [5.74, 6) is -0.0934. The first-order chi connectivity index (χ1) is 15.2. The summed E-state index contributed by atoms with van der Waals surface area (Å²) in [6.45, 7) is 1.99. The molecule has 5 rings (SSSR count). The van der Waals surface area contributed by atoms with Gasteiger partial charge in [0.15, 0.2) is 0 Å². The highest BCUT2D eigenvalue weighted by Crippen LogP contribution is 2.40. The Morgan fingerprint density at radius 2 is 1.61 bits per heavy atom. The molecule has 0 aliphatic heterocycles. The number of hydrogen-bond donors (Lipinski definition) is 0. The fourth-order valence-electron chi connectivity index (χ4n) is 4.17. The van der Waals surface area contributed by atoms with Gasteiger partial charge < -0.3 is 0 Å². The van der Waals surface area contributed by atoms with E-state index in [4.69, 9.17) is 4.98 Å². The van der Waals surface area contributed by atoms with Crippen LogP contribution in [0.15, 0.2) is 97.2 Å². The smallest absolute Gasteiger partial charge is 0.147 e. The van der Waals surface area contributed by atoms with E-state index in [1.807, 2.05) is 85.9 Å². The van der Waals surface area contributed by atoms with Crippen LogP contribution in [0, 0.1) is 12.8 Å². The third kappa shape index (κ3) is 3.82. The first kappa shape index (κ1) is 19.1. The monoisotopic (exact) mass is 402 g/mol. The molecular formula is C28H22N2O. The second kappa shape index (κ2) is 8.11. The van der Waals surface area contributed by atoms with Gasteiger partial charge in [0.05, 0.1) is 17.1 Å². The number of aryl methyl sites for hydroxylation is 1. The van der Waals surface area contributed by atoms with Gasteiger partial charge >= 0.3 is 0 Å². The van der Waals surface area contributed by atoms with E-state index in [0.29, 0.717) is 6.42 Å². The van der Waals surface area contributed by atoms with Crippen molar-refractivity contribution in [1.82, 2.24) is 9.97 Å². The number of allylic oxidation sites excluding steroid dienone is 4. The SMILES string of the molecule is Cc1cccc(C2=CC(C(=O)Cc3ccccc3)C=C2c2ccnc3ccccc23)n1. The van der Waals surface area contributed by atoms with Gasteiger partial charge in [0, 0.05) is 29.3 Å². The Bertz CT molecular complexity index is 1330. The highest BCUT2D eigenvalue weighted by atomic mass is 16.1. The molecule has 4 aromatic rings.